The van der Waals surface area contributed by atoms with Gasteiger partial charge in [0.15, 0.2) is 5.76 Å². The summed E-state index contributed by atoms with van der Waals surface area (Å²) in [4.78, 5) is 25.2. The molecule has 0 atom stereocenters. The number of benzene rings is 2. The van der Waals surface area contributed by atoms with Crippen LogP contribution in [0.4, 0.5) is 16.4 Å². The highest BCUT2D eigenvalue weighted by Crippen LogP contribution is 2.27. The molecule has 0 fully saturated rings. The molecule has 2 heterocycles. The smallest absolute Gasteiger partial charge is 0.291 e. The van der Waals surface area contributed by atoms with Crippen LogP contribution in [-0.2, 0) is 10.0 Å². The van der Waals surface area contributed by atoms with Crippen LogP contribution in [0.1, 0.15) is 20.2 Å². The van der Waals surface area contributed by atoms with Crippen molar-refractivity contribution in [3.05, 3.63) is 95.8 Å². The predicted octanol–water partition coefficient (Wildman–Crippen LogP) is 4.65. The Morgan fingerprint density at radius 3 is 2.19 bits per heavy atom. The van der Waals surface area contributed by atoms with E-state index in [1.54, 1.807) is 60.7 Å². The van der Waals surface area contributed by atoms with E-state index in [1.807, 2.05) is 0 Å². The number of rotatable bonds is 7. The SMILES string of the molecule is O=C(Nc1ccc(C(=O)Nc2ccccc2NS(=O)(=O)c2ccccc2)s1)c1ccco1. The fourth-order valence-electron chi connectivity index (χ4n) is 2.78. The second-order valence-electron chi connectivity index (χ2n) is 6.51. The van der Waals surface area contributed by atoms with Crippen molar-refractivity contribution in [2.24, 2.45) is 0 Å². The highest BCUT2D eigenvalue weighted by atomic mass is 32.2. The number of furan rings is 1. The Balaban J connectivity index is 1.48. The maximum Gasteiger partial charge on any atom is 0.291 e. The number of hydrogen-bond donors (Lipinski definition) is 3. The van der Waals surface area contributed by atoms with Gasteiger partial charge < -0.3 is 15.1 Å². The number of thiophene rings is 1. The van der Waals surface area contributed by atoms with Crippen molar-refractivity contribution < 1.29 is 22.4 Å². The molecule has 0 saturated heterocycles. The quantitative estimate of drug-likeness (QED) is 0.366. The van der Waals surface area contributed by atoms with Gasteiger partial charge in [0.1, 0.15) is 0 Å². The summed E-state index contributed by atoms with van der Waals surface area (Å²) in [5.41, 5.74) is 0.527. The highest BCUT2D eigenvalue weighted by Gasteiger charge is 2.18. The minimum Gasteiger partial charge on any atom is -0.459 e. The van der Waals surface area contributed by atoms with Gasteiger partial charge in [0, 0.05) is 0 Å². The van der Waals surface area contributed by atoms with Crippen LogP contribution < -0.4 is 15.4 Å². The number of nitrogens with one attached hydrogen (secondary N) is 3. The summed E-state index contributed by atoms with van der Waals surface area (Å²) in [7, 11) is -3.82. The molecule has 2 aromatic heterocycles. The minimum atomic E-state index is -3.82. The zero-order valence-corrected chi connectivity index (χ0v) is 18.1. The molecular formula is C22H17N3O5S2. The lowest BCUT2D eigenvalue weighted by Gasteiger charge is -2.13. The third-order valence-corrected chi connectivity index (χ3v) is 6.67. The van der Waals surface area contributed by atoms with E-state index in [2.05, 4.69) is 15.4 Å². The molecule has 8 nitrogen and oxygen atoms in total. The molecule has 3 N–H and O–H groups in total. The van der Waals surface area contributed by atoms with E-state index in [1.165, 1.54) is 24.5 Å². The average molecular weight is 468 g/mol. The Kier molecular flexibility index (Phi) is 6.06. The zero-order valence-electron chi connectivity index (χ0n) is 16.4. The third-order valence-electron chi connectivity index (χ3n) is 4.28. The zero-order chi connectivity index (χ0) is 22.6. The van der Waals surface area contributed by atoms with Crippen molar-refractivity contribution in [2.75, 3.05) is 15.4 Å². The first-order valence-corrected chi connectivity index (χ1v) is 11.7. The van der Waals surface area contributed by atoms with Crippen LogP contribution in [0.5, 0.6) is 0 Å². The molecule has 0 bridgehead atoms. The summed E-state index contributed by atoms with van der Waals surface area (Å²) >= 11 is 1.08. The average Bonchev–Trinajstić information content (AvgIpc) is 3.48. The third kappa shape index (κ3) is 4.88. The lowest BCUT2D eigenvalue weighted by atomic mass is 10.2. The van der Waals surface area contributed by atoms with Gasteiger partial charge in [-0.15, -0.1) is 11.3 Å². The van der Waals surface area contributed by atoms with Crippen LogP contribution in [0, 0.1) is 0 Å². The summed E-state index contributed by atoms with van der Waals surface area (Å²) in [5.74, 6) is -0.714. The van der Waals surface area contributed by atoms with Crippen LogP contribution in [-0.4, -0.2) is 20.2 Å². The monoisotopic (exact) mass is 467 g/mol. The fourth-order valence-corrected chi connectivity index (χ4v) is 4.67. The standard InChI is InChI=1S/C22H17N3O5S2/c26-21(18-11-6-14-30-18)24-20-13-12-19(31-20)22(27)23-16-9-4-5-10-17(16)25-32(28,29)15-7-2-1-3-8-15/h1-14,25H,(H,23,27)(H,24,26). The Bertz CT molecular complexity index is 1350. The van der Waals surface area contributed by atoms with Gasteiger partial charge in [0.05, 0.1) is 32.4 Å². The first-order valence-electron chi connectivity index (χ1n) is 9.35. The van der Waals surface area contributed by atoms with Gasteiger partial charge in [-0.1, -0.05) is 30.3 Å². The van der Waals surface area contributed by atoms with Gasteiger partial charge in [-0.2, -0.15) is 0 Å². The maximum atomic E-state index is 12.7. The topological polar surface area (TPSA) is 118 Å². The fraction of sp³-hybridized carbons (Fsp3) is 0. The van der Waals surface area contributed by atoms with Crippen LogP contribution in [0.3, 0.4) is 0 Å². The summed E-state index contributed by atoms with van der Waals surface area (Å²) in [6, 6.07) is 20.7. The molecular weight excluding hydrogens is 450 g/mol. The molecule has 0 unspecified atom stereocenters. The molecule has 4 rings (SSSR count). The Labute approximate surface area is 188 Å². The number of para-hydroxylation sites is 2. The van der Waals surface area contributed by atoms with E-state index in [0.29, 0.717) is 15.6 Å². The van der Waals surface area contributed by atoms with Crippen molar-refractivity contribution >= 4 is 49.6 Å². The summed E-state index contributed by atoms with van der Waals surface area (Å²) in [5, 5.41) is 5.83. The molecule has 2 amide bonds. The van der Waals surface area contributed by atoms with Gasteiger partial charge in [-0.05, 0) is 48.5 Å². The van der Waals surface area contributed by atoms with Gasteiger partial charge in [-0.3, -0.25) is 14.3 Å². The second kappa shape index (κ2) is 9.08. The first kappa shape index (κ1) is 21.3. The van der Waals surface area contributed by atoms with Gasteiger partial charge in [0.2, 0.25) is 0 Å². The number of carbonyl (C=O) groups is 2. The summed E-state index contributed by atoms with van der Waals surface area (Å²) < 4.78 is 32.8. The maximum absolute atomic E-state index is 12.7. The molecule has 4 aromatic rings. The Morgan fingerprint density at radius 2 is 1.47 bits per heavy atom. The van der Waals surface area contributed by atoms with Crippen LogP contribution in [0.25, 0.3) is 0 Å². The largest absolute Gasteiger partial charge is 0.459 e. The van der Waals surface area contributed by atoms with Crippen molar-refractivity contribution in [3.8, 4) is 0 Å². The molecule has 0 aliphatic heterocycles. The van der Waals surface area contributed by atoms with Gasteiger partial charge in [0.25, 0.3) is 21.8 Å². The Hall–Kier alpha value is -3.89. The van der Waals surface area contributed by atoms with Crippen LogP contribution in [0.15, 0.2) is 94.4 Å². The summed E-state index contributed by atoms with van der Waals surface area (Å²) in [6.07, 6.45) is 1.39. The van der Waals surface area contributed by atoms with Crippen molar-refractivity contribution in [1.82, 2.24) is 0 Å². The lowest BCUT2D eigenvalue weighted by Crippen LogP contribution is -2.16. The predicted molar refractivity (Wildman–Crippen MR) is 123 cm³/mol. The number of sulfonamides is 1. The van der Waals surface area contributed by atoms with Crippen molar-refractivity contribution in [3.63, 3.8) is 0 Å². The lowest BCUT2D eigenvalue weighted by molar-refractivity contribution is 0.0995. The van der Waals surface area contributed by atoms with Gasteiger partial charge >= 0.3 is 0 Å². The number of amides is 2. The molecule has 0 aliphatic rings. The van der Waals surface area contributed by atoms with E-state index < -0.39 is 21.8 Å². The Morgan fingerprint density at radius 1 is 0.750 bits per heavy atom. The molecule has 10 heteroatoms. The molecule has 32 heavy (non-hydrogen) atoms. The molecule has 0 radical (unpaired) electrons. The first-order chi connectivity index (χ1) is 15.4. The molecule has 0 aliphatic carbocycles. The van der Waals surface area contributed by atoms with Crippen molar-refractivity contribution in [2.45, 2.75) is 4.90 Å². The minimum absolute atomic E-state index is 0.108. The van der Waals surface area contributed by atoms with Crippen molar-refractivity contribution in [1.29, 1.82) is 0 Å². The normalized spacial score (nSPS) is 11.0. The number of anilines is 3. The van der Waals surface area contributed by atoms with E-state index in [-0.39, 0.29) is 16.3 Å². The van der Waals surface area contributed by atoms with E-state index >= 15 is 0 Å². The second-order valence-corrected chi connectivity index (χ2v) is 9.28. The van der Waals surface area contributed by atoms with Gasteiger partial charge in [-0.25, -0.2) is 8.42 Å². The molecule has 2 aromatic carbocycles. The van der Waals surface area contributed by atoms with E-state index in [0.717, 1.165) is 11.3 Å². The number of carbonyl (C=O) groups excluding carboxylic acids is 2. The number of hydrogen-bond acceptors (Lipinski definition) is 6. The van der Waals surface area contributed by atoms with Crippen LogP contribution >= 0.6 is 11.3 Å². The van der Waals surface area contributed by atoms with E-state index in [4.69, 9.17) is 4.42 Å². The molecule has 0 spiro atoms. The molecule has 0 saturated carbocycles. The highest BCUT2D eigenvalue weighted by molar-refractivity contribution is 7.92. The molecule has 162 valence electrons. The summed E-state index contributed by atoms with van der Waals surface area (Å²) in [6.45, 7) is 0. The van der Waals surface area contributed by atoms with E-state index in [9.17, 15) is 18.0 Å². The van der Waals surface area contributed by atoms with Crippen LogP contribution in [0.2, 0.25) is 0 Å².